The molecule has 20 nitrogen and oxygen atoms in total. The highest BCUT2D eigenvalue weighted by atomic mass is 32.3. The van der Waals surface area contributed by atoms with Crippen molar-refractivity contribution in [3.8, 4) is 5.75 Å². The van der Waals surface area contributed by atoms with Crippen LogP contribution < -0.4 is 31.3 Å². The van der Waals surface area contributed by atoms with Gasteiger partial charge in [0.2, 0.25) is 17.7 Å². The molecule has 0 spiro atoms. The van der Waals surface area contributed by atoms with E-state index in [1.807, 2.05) is 24.3 Å². The number of nitrogens with one attached hydrogen (secondary N) is 5. The number of unbranched alkanes of at least 4 members (excludes halogenated alkanes) is 1. The van der Waals surface area contributed by atoms with Crippen LogP contribution in [0.2, 0.25) is 0 Å². The fourth-order valence-electron chi connectivity index (χ4n) is 6.85. The Labute approximate surface area is 374 Å². The molecule has 1 aromatic heterocycles. The highest BCUT2D eigenvalue weighted by molar-refractivity contribution is 7.81. The standard InChI is InChI=1S/C44H52N8O12S/c1-44(2,3)63-43(59)50-34(24-29-26-47-32-14-8-7-13-31(29)32)41(57)49-33(15-9-10-22-46-37(53)21-18-27-16-19-30(20-17-27)64-65(60,61)62)40-48-35(25-38(54)55)42(58)52(51-40)36(39(45)56)23-28-11-5-4-6-12-28/h4-8,11-14,16-21,26,33-36,47H,9-10,15,22-25H2,1-3H3,(H2,45,56)(H,46,53)(H,48,51)(H,49,57)(H,50,59)(H,54,55)(H,60,61,62)/b21-18+/t33-,34+,35+,36+/m1/s1. The van der Waals surface area contributed by atoms with Crippen LogP contribution in [0.1, 0.15) is 63.1 Å². The number of carboxylic acids is 1. The fraction of sp³-hybridized carbons (Fsp3) is 0.341. The van der Waals surface area contributed by atoms with E-state index in [1.54, 1.807) is 57.3 Å². The van der Waals surface area contributed by atoms with E-state index in [4.69, 9.17) is 15.0 Å². The summed E-state index contributed by atoms with van der Waals surface area (Å²) in [7, 11) is -4.70. The van der Waals surface area contributed by atoms with E-state index < -0.39 is 82.3 Å². The van der Waals surface area contributed by atoms with Crippen LogP contribution in [0.25, 0.3) is 17.0 Å². The second kappa shape index (κ2) is 21.9. The van der Waals surface area contributed by atoms with Gasteiger partial charge in [-0.25, -0.2) is 9.80 Å². The summed E-state index contributed by atoms with van der Waals surface area (Å²) in [6.45, 7) is 5.19. The van der Waals surface area contributed by atoms with Crippen LogP contribution in [0.4, 0.5) is 4.79 Å². The number of aliphatic imine (C=N–C) groups is 1. The van der Waals surface area contributed by atoms with Gasteiger partial charge in [0.25, 0.3) is 5.91 Å². The molecule has 0 bridgehead atoms. The average Bonchev–Trinajstić information content (AvgIpc) is 3.64. The number of rotatable bonds is 21. The predicted molar refractivity (Wildman–Crippen MR) is 238 cm³/mol. The maximum absolute atomic E-state index is 14.5. The molecule has 0 radical (unpaired) electrons. The number of hydrogen-bond acceptors (Lipinski definition) is 12. The molecule has 1 aliphatic rings. The molecule has 0 unspecified atom stereocenters. The number of benzene rings is 3. The molecule has 5 amide bonds. The van der Waals surface area contributed by atoms with Crippen LogP contribution in [0, 0.1) is 0 Å². The molecule has 3 aromatic carbocycles. The molecule has 346 valence electrons. The van der Waals surface area contributed by atoms with Gasteiger partial charge in [-0.3, -0.25) is 38.9 Å². The molecule has 0 fully saturated rings. The minimum Gasteiger partial charge on any atom is -0.481 e. The summed E-state index contributed by atoms with van der Waals surface area (Å²) in [4.78, 5) is 86.8. The lowest BCUT2D eigenvalue weighted by Gasteiger charge is -2.38. The Morgan fingerprint density at radius 3 is 2.31 bits per heavy atom. The monoisotopic (exact) mass is 916 g/mol. The number of H-pyrrole nitrogens is 1. The number of hydrazine groups is 1. The minimum atomic E-state index is -4.70. The molecule has 1 aliphatic heterocycles. The van der Waals surface area contributed by atoms with E-state index in [0.29, 0.717) is 29.5 Å². The number of carboxylic acid groups (broad SMARTS) is 1. The van der Waals surface area contributed by atoms with Crippen LogP contribution >= 0.6 is 0 Å². The first-order valence-electron chi connectivity index (χ1n) is 20.5. The topological polar surface area (TPSA) is 301 Å². The highest BCUT2D eigenvalue weighted by Crippen LogP contribution is 2.22. The Bertz CT molecular complexity index is 2520. The van der Waals surface area contributed by atoms with Gasteiger partial charge in [0.1, 0.15) is 35.3 Å². The lowest BCUT2D eigenvalue weighted by atomic mass is 10.0. The van der Waals surface area contributed by atoms with Crippen LogP contribution in [-0.2, 0) is 52.0 Å². The van der Waals surface area contributed by atoms with Crippen molar-refractivity contribution in [1.82, 2.24) is 31.4 Å². The van der Waals surface area contributed by atoms with Crippen LogP contribution in [0.3, 0.4) is 0 Å². The van der Waals surface area contributed by atoms with E-state index in [-0.39, 0.29) is 37.4 Å². The van der Waals surface area contributed by atoms with E-state index in [2.05, 4.69) is 35.5 Å². The molecule has 0 saturated heterocycles. The van der Waals surface area contributed by atoms with Crippen molar-refractivity contribution in [2.75, 3.05) is 6.54 Å². The molecule has 65 heavy (non-hydrogen) atoms. The summed E-state index contributed by atoms with van der Waals surface area (Å²) < 4.78 is 40.6. The zero-order valence-electron chi connectivity index (χ0n) is 35.9. The summed E-state index contributed by atoms with van der Waals surface area (Å²) in [6.07, 6.45) is 3.60. The third-order valence-corrected chi connectivity index (χ3v) is 10.2. The smallest absolute Gasteiger partial charge is 0.446 e. The van der Waals surface area contributed by atoms with Gasteiger partial charge in [-0.15, -0.1) is 0 Å². The number of amides is 5. The van der Waals surface area contributed by atoms with Crippen molar-refractivity contribution >= 4 is 68.9 Å². The van der Waals surface area contributed by atoms with Crippen molar-refractivity contribution in [2.45, 2.75) is 89.1 Å². The molecule has 2 heterocycles. The lowest BCUT2D eigenvalue weighted by molar-refractivity contribution is -0.147. The van der Waals surface area contributed by atoms with E-state index >= 15 is 0 Å². The number of carbonyl (C=O) groups excluding carboxylic acids is 5. The number of aromatic amines is 1. The Morgan fingerprint density at radius 2 is 1.65 bits per heavy atom. The first-order valence-corrected chi connectivity index (χ1v) is 21.9. The second-order valence-corrected chi connectivity index (χ2v) is 17.1. The summed E-state index contributed by atoms with van der Waals surface area (Å²) in [5.74, 6) is -4.38. The van der Waals surface area contributed by atoms with Crippen LogP contribution in [0.5, 0.6) is 5.75 Å². The second-order valence-electron chi connectivity index (χ2n) is 16.1. The Morgan fingerprint density at radius 1 is 0.954 bits per heavy atom. The van der Waals surface area contributed by atoms with Gasteiger partial charge in [0.05, 0.1) is 12.5 Å². The SMILES string of the molecule is CC(C)(C)OC(=O)N[C@@H](Cc1c[nH]c2ccccc12)C(=O)N[C@H](CCCCNC(=O)/C=C/c1ccc(OS(=O)(=O)O)cc1)C1=N[C@@H](CC(=O)O)C(=O)N([C@@H](Cc2ccccc2)C(N)=O)N1. The maximum Gasteiger partial charge on any atom is 0.446 e. The largest absolute Gasteiger partial charge is 0.481 e. The highest BCUT2D eigenvalue weighted by Gasteiger charge is 2.40. The number of para-hydroxylation sites is 1. The van der Waals surface area contributed by atoms with Gasteiger partial charge < -0.3 is 40.7 Å². The van der Waals surface area contributed by atoms with E-state index in [1.165, 1.54) is 36.4 Å². The normalized spacial score (nSPS) is 15.6. The molecule has 21 heteroatoms. The van der Waals surface area contributed by atoms with Crippen LogP contribution in [-0.4, -0.2) is 106 Å². The number of amidine groups is 1. The Hall–Kier alpha value is -7.26. The number of alkyl carbamates (subject to hydrolysis) is 1. The fourth-order valence-corrected chi connectivity index (χ4v) is 7.20. The minimum absolute atomic E-state index is 0.0107. The lowest BCUT2D eigenvalue weighted by Crippen LogP contribution is -2.66. The number of primary amides is 1. The number of aromatic nitrogens is 1. The maximum atomic E-state index is 14.5. The number of fused-ring (bicyclic) bond motifs is 1. The summed E-state index contributed by atoms with van der Waals surface area (Å²) in [6, 6.07) is 16.5. The van der Waals surface area contributed by atoms with Gasteiger partial charge in [0.15, 0.2) is 0 Å². The Balaban J connectivity index is 1.39. The molecule has 0 saturated carbocycles. The van der Waals surface area contributed by atoms with Gasteiger partial charge in [-0.05, 0) is 81.0 Å². The molecule has 4 aromatic rings. The van der Waals surface area contributed by atoms with Gasteiger partial charge in [0, 0.05) is 42.6 Å². The zero-order valence-corrected chi connectivity index (χ0v) is 36.7. The van der Waals surface area contributed by atoms with Crippen molar-refractivity contribution in [3.05, 3.63) is 108 Å². The molecule has 4 atom stereocenters. The van der Waals surface area contributed by atoms with Crippen molar-refractivity contribution in [3.63, 3.8) is 0 Å². The summed E-state index contributed by atoms with van der Waals surface area (Å²) in [5, 5.41) is 19.9. The first kappa shape index (κ1) is 48.8. The number of carbonyl (C=O) groups is 6. The van der Waals surface area contributed by atoms with Crippen LogP contribution in [0.15, 0.2) is 96.1 Å². The number of nitrogens with two attached hydrogens (primary N) is 1. The quantitative estimate of drug-likeness (QED) is 0.0339. The van der Waals surface area contributed by atoms with E-state index in [0.717, 1.165) is 15.9 Å². The number of ether oxygens (including phenoxy) is 1. The summed E-state index contributed by atoms with van der Waals surface area (Å²) >= 11 is 0. The molecular weight excluding hydrogens is 865 g/mol. The van der Waals surface area contributed by atoms with E-state index in [9.17, 15) is 42.3 Å². The van der Waals surface area contributed by atoms with Crippen molar-refractivity contribution in [2.24, 2.45) is 10.7 Å². The summed E-state index contributed by atoms with van der Waals surface area (Å²) in [5.41, 5.74) is 10.5. The average molecular weight is 917 g/mol. The third kappa shape index (κ3) is 15.2. The molecule has 9 N–H and O–H groups in total. The molecular formula is C44H52N8O12S. The number of aliphatic carboxylic acids is 1. The first-order chi connectivity index (χ1) is 30.7. The van der Waals surface area contributed by atoms with Gasteiger partial charge in [-0.1, -0.05) is 60.7 Å². The third-order valence-electron chi connectivity index (χ3n) is 9.81. The van der Waals surface area contributed by atoms with Crippen molar-refractivity contribution < 1.29 is 55.8 Å². The number of nitrogens with zero attached hydrogens (tertiary/aromatic N) is 2. The number of hydrogen-bond donors (Lipinski definition) is 8. The van der Waals surface area contributed by atoms with Gasteiger partial charge >= 0.3 is 22.5 Å². The van der Waals surface area contributed by atoms with Crippen molar-refractivity contribution in [1.29, 1.82) is 0 Å². The zero-order chi connectivity index (χ0) is 47.3. The molecule has 5 rings (SSSR count). The molecule has 0 aliphatic carbocycles. The Kier molecular flexibility index (Phi) is 16.4. The van der Waals surface area contributed by atoms with Gasteiger partial charge in [-0.2, -0.15) is 8.42 Å². The predicted octanol–water partition coefficient (Wildman–Crippen LogP) is 2.96.